The van der Waals surface area contributed by atoms with E-state index in [9.17, 15) is 24.8 Å². The lowest BCUT2D eigenvalue weighted by molar-refractivity contribution is -0.384. The summed E-state index contributed by atoms with van der Waals surface area (Å²) in [6, 6.07) is 13.6. The summed E-state index contributed by atoms with van der Waals surface area (Å²) in [6.45, 7) is 0. The number of nitro groups is 1. The van der Waals surface area contributed by atoms with Crippen LogP contribution in [0.15, 0.2) is 54.6 Å². The van der Waals surface area contributed by atoms with Gasteiger partial charge in [-0.25, -0.2) is 0 Å². The fourth-order valence-electron chi connectivity index (χ4n) is 2.10. The Kier molecular flexibility index (Phi) is 4.63. The van der Waals surface area contributed by atoms with E-state index in [0.717, 1.165) is 0 Å². The Hall–Kier alpha value is -3.02. The van der Waals surface area contributed by atoms with Crippen molar-refractivity contribution in [3.05, 3.63) is 75.8 Å². The topological polar surface area (TPSA) is 97.5 Å². The van der Waals surface area contributed by atoms with Gasteiger partial charge in [-0.15, -0.1) is 0 Å². The van der Waals surface area contributed by atoms with Crippen molar-refractivity contribution < 1.29 is 19.6 Å². The van der Waals surface area contributed by atoms with Crippen molar-refractivity contribution in [2.75, 3.05) is 0 Å². The highest BCUT2D eigenvalue weighted by Gasteiger charge is 2.24. The molecule has 0 aliphatic heterocycles. The normalized spacial score (nSPS) is 11.6. The third-order valence-corrected chi connectivity index (χ3v) is 3.29. The van der Waals surface area contributed by atoms with Crippen LogP contribution in [-0.4, -0.2) is 21.8 Å². The number of carbonyl (C=O) groups is 2. The molecule has 0 fully saturated rings. The number of carboxylic acid groups (broad SMARTS) is 1. The molecule has 0 aromatic heterocycles. The molecule has 0 heterocycles. The second-order valence-corrected chi connectivity index (χ2v) is 4.73. The Morgan fingerprint density at radius 3 is 2.14 bits per heavy atom. The number of aliphatic carboxylic acids is 1. The molecule has 2 rings (SSSR count). The third kappa shape index (κ3) is 3.54. The largest absolute Gasteiger partial charge is 0.481 e. The van der Waals surface area contributed by atoms with E-state index >= 15 is 0 Å². The van der Waals surface area contributed by atoms with Crippen LogP contribution in [0.25, 0.3) is 0 Å². The molecule has 0 aliphatic carbocycles. The molecule has 0 amide bonds. The minimum Gasteiger partial charge on any atom is -0.481 e. The number of non-ortho nitro benzene ring substituents is 1. The molecule has 0 spiro atoms. The molecule has 22 heavy (non-hydrogen) atoms. The van der Waals surface area contributed by atoms with Crippen LogP contribution in [0.5, 0.6) is 0 Å². The van der Waals surface area contributed by atoms with Gasteiger partial charge in [-0.3, -0.25) is 19.7 Å². The molecular weight excluding hydrogens is 286 g/mol. The average molecular weight is 299 g/mol. The summed E-state index contributed by atoms with van der Waals surface area (Å²) in [6.07, 6.45) is -0.197. The molecule has 1 unspecified atom stereocenters. The van der Waals surface area contributed by atoms with Crippen LogP contribution in [0.1, 0.15) is 28.3 Å². The number of carbonyl (C=O) groups excluding carboxylic acids is 1. The Labute approximate surface area is 126 Å². The molecule has 6 nitrogen and oxygen atoms in total. The van der Waals surface area contributed by atoms with Crippen LogP contribution >= 0.6 is 0 Å². The number of Topliss-reactive ketones (excluding diaryl/α,β-unsaturated/α-hetero) is 1. The smallest absolute Gasteiger partial charge is 0.311 e. The summed E-state index contributed by atoms with van der Waals surface area (Å²) in [5.41, 5.74) is 0.681. The second kappa shape index (κ2) is 6.62. The summed E-state index contributed by atoms with van der Waals surface area (Å²) in [5, 5.41) is 19.9. The Morgan fingerprint density at radius 2 is 1.64 bits per heavy atom. The van der Waals surface area contributed by atoms with Crippen LogP contribution in [0, 0.1) is 10.1 Å². The summed E-state index contributed by atoms with van der Waals surface area (Å²) in [5.74, 6) is -2.46. The van der Waals surface area contributed by atoms with Crippen LogP contribution < -0.4 is 0 Å². The highest BCUT2D eigenvalue weighted by atomic mass is 16.6. The number of hydrogen-bond acceptors (Lipinski definition) is 4. The molecule has 1 atom stereocenters. The lowest BCUT2D eigenvalue weighted by Gasteiger charge is -2.12. The van der Waals surface area contributed by atoms with E-state index in [1.165, 1.54) is 24.3 Å². The molecule has 0 bridgehead atoms. The van der Waals surface area contributed by atoms with E-state index in [1.807, 2.05) is 0 Å². The van der Waals surface area contributed by atoms with Crippen molar-refractivity contribution in [2.45, 2.75) is 12.3 Å². The van der Waals surface area contributed by atoms with Crippen LogP contribution in [0.2, 0.25) is 0 Å². The van der Waals surface area contributed by atoms with Gasteiger partial charge in [-0.2, -0.15) is 0 Å². The van der Waals surface area contributed by atoms with Gasteiger partial charge in [-0.1, -0.05) is 42.5 Å². The van der Waals surface area contributed by atoms with E-state index in [4.69, 9.17) is 0 Å². The van der Waals surface area contributed by atoms with Gasteiger partial charge < -0.3 is 5.11 Å². The number of nitro benzene ring substituents is 1. The standard InChI is InChI=1S/C16H13NO5/c18-15(12-4-2-1-3-5-12)10-14(16(19)20)11-6-8-13(9-7-11)17(21)22/h1-9,14H,10H2,(H,19,20). The van der Waals surface area contributed by atoms with Crippen molar-refractivity contribution in [1.29, 1.82) is 0 Å². The maximum atomic E-state index is 12.1. The maximum Gasteiger partial charge on any atom is 0.311 e. The third-order valence-electron chi connectivity index (χ3n) is 3.29. The predicted octanol–water partition coefficient (Wildman–Crippen LogP) is 3.04. The first-order valence-corrected chi connectivity index (χ1v) is 6.54. The summed E-state index contributed by atoms with van der Waals surface area (Å²) in [7, 11) is 0. The minimum atomic E-state index is -1.14. The first-order valence-electron chi connectivity index (χ1n) is 6.54. The minimum absolute atomic E-state index is 0.123. The van der Waals surface area contributed by atoms with Gasteiger partial charge in [0.2, 0.25) is 0 Å². The van der Waals surface area contributed by atoms with Gasteiger partial charge in [0.15, 0.2) is 5.78 Å². The number of ketones is 1. The molecule has 2 aromatic carbocycles. The molecule has 0 radical (unpaired) electrons. The van der Waals surface area contributed by atoms with E-state index in [-0.39, 0.29) is 17.9 Å². The quantitative estimate of drug-likeness (QED) is 0.502. The zero-order valence-electron chi connectivity index (χ0n) is 11.5. The molecule has 6 heteroatoms. The van der Waals surface area contributed by atoms with Crippen LogP contribution in [0.4, 0.5) is 5.69 Å². The fraction of sp³-hybridized carbons (Fsp3) is 0.125. The lowest BCUT2D eigenvalue weighted by Crippen LogP contribution is -2.16. The van der Waals surface area contributed by atoms with Gasteiger partial charge in [0.05, 0.1) is 10.8 Å². The maximum absolute atomic E-state index is 12.1. The molecule has 0 saturated heterocycles. The van der Waals surface area contributed by atoms with Crippen molar-refractivity contribution in [2.24, 2.45) is 0 Å². The van der Waals surface area contributed by atoms with Crippen molar-refractivity contribution in [3.8, 4) is 0 Å². The zero-order chi connectivity index (χ0) is 16.1. The molecular formula is C16H13NO5. The Bertz CT molecular complexity index is 694. The van der Waals surface area contributed by atoms with Crippen molar-refractivity contribution in [3.63, 3.8) is 0 Å². The van der Waals surface area contributed by atoms with E-state index in [1.54, 1.807) is 30.3 Å². The molecule has 0 saturated carbocycles. The summed E-state index contributed by atoms with van der Waals surface area (Å²) < 4.78 is 0. The number of nitrogens with zero attached hydrogens (tertiary/aromatic N) is 1. The molecule has 1 N–H and O–H groups in total. The Morgan fingerprint density at radius 1 is 1.05 bits per heavy atom. The summed E-state index contributed by atoms with van der Waals surface area (Å²) >= 11 is 0. The van der Waals surface area contributed by atoms with Crippen molar-refractivity contribution in [1.82, 2.24) is 0 Å². The summed E-state index contributed by atoms with van der Waals surface area (Å²) in [4.78, 5) is 33.6. The fourth-order valence-corrected chi connectivity index (χ4v) is 2.10. The number of benzene rings is 2. The first-order chi connectivity index (χ1) is 10.5. The molecule has 0 aliphatic rings. The van der Waals surface area contributed by atoms with E-state index in [0.29, 0.717) is 11.1 Å². The van der Waals surface area contributed by atoms with Crippen LogP contribution in [-0.2, 0) is 4.79 Å². The predicted molar refractivity (Wildman–Crippen MR) is 78.9 cm³/mol. The van der Waals surface area contributed by atoms with E-state index in [2.05, 4.69) is 0 Å². The van der Waals surface area contributed by atoms with Crippen LogP contribution in [0.3, 0.4) is 0 Å². The number of hydrogen-bond donors (Lipinski definition) is 1. The number of carboxylic acids is 1. The SMILES string of the molecule is O=C(CC(C(=O)O)c1ccc([N+](=O)[O-])cc1)c1ccccc1. The highest BCUT2D eigenvalue weighted by Crippen LogP contribution is 2.24. The average Bonchev–Trinajstić information content (AvgIpc) is 2.53. The highest BCUT2D eigenvalue weighted by molar-refractivity contribution is 5.99. The Balaban J connectivity index is 2.22. The van der Waals surface area contributed by atoms with Gasteiger partial charge in [0, 0.05) is 24.1 Å². The van der Waals surface area contributed by atoms with Gasteiger partial charge in [0.25, 0.3) is 5.69 Å². The van der Waals surface area contributed by atoms with Gasteiger partial charge in [-0.05, 0) is 5.56 Å². The number of rotatable bonds is 6. The molecule has 112 valence electrons. The first kappa shape index (κ1) is 15.4. The van der Waals surface area contributed by atoms with Gasteiger partial charge >= 0.3 is 5.97 Å². The van der Waals surface area contributed by atoms with Gasteiger partial charge in [0.1, 0.15) is 0 Å². The monoisotopic (exact) mass is 299 g/mol. The lowest BCUT2D eigenvalue weighted by atomic mass is 9.91. The molecule has 2 aromatic rings. The second-order valence-electron chi connectivity index (χ2n) is 4.73. The van der Waals surface area contributed by atoms with Crippen molar-refractivity contribution >= 4 is 17.4 Å². The van der Waals surface area contributed by atoms with E-state index < -0.39 is 16.8 Å². The zero-order valence-corrected chi connectivity index (χ0v) is 11.5.